The van der Waals surface area contributed by atoms with Gasteiger partial charge in [-0.1, -0.05) is 0 Å². The van der Waals surface area contributed by atoms with Crippen molar-refractivity contribution in [2.24, 2.45) is 0 Å². The lowest BCUT2D eigenvalue weighted by atomic mass is 10.2. The first-order valence-corrected chi connectivity index (χ1v) is 6.60. The summed E-state index contributed by atoms with van der Waals surface area (Å²) in [4.78, 5) is 16.2. The quantitative estimate of drug-likeness (QED) is 0.781. The molecule has 0 aliphatic heterocycles. The Hall–Kier alpha value is -2.37. The molecule has 0 radical (unpaired) electrons. The molecular formula is C14H19N5O. The van der Waals surface area contributed by atoms with Gasteiger partial charge >= 0.3 is 0 Å². The van der Waals surface area contributed by atoms with Crippen LogP contribution in [-0.2, 0) is 6.54 Å². The largest absolute Gasteiger partial charge is 0.387 e. The molecule has 0 bridgehead atoms. The van der Waals surface area contributed by atoms with Gasteiger partial charge in [-0.3, -0.25) is 14.5 Å². The maximum Gasteiger partial charge on any atom is 0.254 e. The van der Waals surface area contributed by atoms with Crippen LogP contribution in [0.1, 0.15) is 22.5 Å². The van der Waals surface area contributed by atoms with Crippen LogP contribution >= 0.6 is 0 Å². The van der Waals surface area contributed by atoms with Gasteiger partial charge in [-0.05, 0) is 25.5 Å². The predicted octanol–water partition coefficient (Wildman–Crippen LogP) is 1.45. The van der Waals surface area contributed by atoms with E-state index in [4.69, 9.17) is 0 Å². The van der Waals surface area contributed by atoms with E-state index in [2.05, 4.69) is 20.7 Å². The van der Waals surface area contributed by atoms with Crippen molar-refractivity contribution in [1.82, 2.24) is 20.1 Å². The maximum absolute atomic E-state index is 12.1. The molecule has 2 rings (SSSR count). The van der Waals surface area contributed by atoms with Crippen LogP contribution in [0.3, 0.4) is 0 Å². The zero-order valence-electron chi connectivity index (χ0n) is 11.8. The lowest BCUT2D eigenvalue weighted by Gasteiger charge is -2.10. The van der Waals surface area contributed by atoms with E-state index in [-0.39, 0.29) is 5.91 Å². The molecule has 2 N–H and O–H groups in total. The van der Waals surface area contributed by atoms with Crippen molar-refractivity contribution in [1.29, 1.82) is 0 Å². The van der Waals surface area contributed by atoms with E-state index in [1.165, 1.54) is 0 Å². The fourth-order valence-electron chi connectivity index (χ4n) is 1.92. The van der Waals surface area contributed by atoms with Crippen LogP contribution < -0.4 is 10.6 Å². The Morgan fingerprint density at radius 1 is 1.45 bits per heavy atom. The average molecular weight is 273 g/mol. The minimum Gasteiger partial charge on any atom is -0.387 e. The molecule has 6 nitrogen and oxygen atoms in total. The molecule has 6 heteroatoms. The van der Waals surface area contributed by atoms with Gasteiger partial charge in [0.05, 0.1) is 11.3 Å². The van der Waals surface area contributed by atoms with Crippen LogP contribution in [-0.4, -0.2) is 34.3 Å². The average Bonchev–Trinajstić information content (AvgIpc) is 2.96. The number of hydrogen-bond acceptors (Lipinski definition) is 4. The molecule has 20 heavy (non-hydrogen) atoms. The highest BCUT2D eigenvalue weighted by Gasteiger charge is 2.10. The lowest BCUT2D eigenvalue weighted by molar-refractivity contribution is 0.0953. The molecule has 0 unspecified atom stereocenters. The highest BCUT2D eigenvalue weighted by Crippen LogP contribution is 2.14. The Labute approximate surface area is 118 Å². The van der Waals surface area contributed by atoms with Crippen LogP contribution in [0.25, 0.3) is 0 Å². The van der Waals surface area contributed by atoms with E-state index >= 15 is 0 Å². The smallest absolute Gasteiger partial charge is 0.254 e. The van der Waals surface area contributed by atoms with E-state index in [1.54, 1.807) is 19.4 Å². The molecule has 0 saturated carbocycles. The molecular weight excluding hydrogens is 254 g/mol. The first kappa shape index (κ1) is 14.0. The normalized spacial score (nSPS) is 10.3. The monoisotopic (exact) mass is 273 g/mol. The van der Waals surface area contributed by atoms with Crippen molar-refractivity contribution in [2.45, 2.75) is 19.9 Å². The second-order valence-electron chi connectivity index (χ2n) is 4.50. The Morgan fingerprint density at radius 2 is 2.30 bits per heavy atom. The van der Waals surface area contributed by atoms with Gasteiger partial charge in [-0.25, -0.2) is 0 Å². The number of hydrogen-bond donors (Lipinski definition) is 2. The molecule has 2 aromatic rings. The maximum atomic E-state index is 12.1. The first-order valence-electron chi connectivity index (χ1n) is 6.60. The zero-order chi connectivity index (χ0) is 14.4. The number of pyridine rings is 1. The lowest BCUT2D eigenvalue weighted by Crippen LogP contribution is -2.26. The van der Waals surface area contributed by atoms with Gasteiger partial charge in [0.1, 0.15) is 0 Å². The number of carbonyl (C=O) groups excluding carboxylic acids is 1. The van der Waals surface area contributed by atoms with E-state index in [0.717, 1.165) is 24.3 Å². The summed E-state index contributed by atoms with van der Waals surface area (Å²) in [5.74, 6) is -0.109. The molecule has 0 spiro atoms. The highest BCUT2D eigenvalue weighted by atomic mass is 16.1. The molecule has 1 amide bonds. The van der Waals surface area contributed by atoms with Gasteiger partial charge in [-0.2, -0.15) is 5.10 Å². The summed E-state index contributed by atoms with van der Waals surface area (Å²) >= 11 is 0. The third kappa shape index (κ3) is 3.57. The molecule has 2 heterocycles. The third-order valence-electron chi connectivity index (χ3n) is 2.96. The van der Waals surface area contributed by atoms with Crippen LogP contribution in [0.15, 0.2) is 30.7 Å². The molecule has 0 fully saturated rings. The van der Waals surface area contributed by atoms with Crippen molar-refractivity contribution in [2.75, 3.05) is 18.9 Å². The summed E-state index contributed by atoms with van der Waals surface area (Å²) in [7, 11) is 1.79. The first-order chi connectivity index (χ1) is 9.70. The minimum absolute atomic E-state index is 0.109. The summed E-state index contributed by atoms with van der Waals surface area (Å²) in [6.45, 7) is 3.29. The summed E-state index contributed by atoms with van der Waals surface area (Å²) in [6, 6.07) is 3.74. The Bertz CT molecular complexity index is 565. The van der Waals surface area contributed by atoms with Crippen LogP contribution in [0, 0.1) is 6.92 Å². The summed E-state index contributed by atoms with van der Waals surface area (Å²) < 4.78 is 1.85. The van der Waals surface area contributed by atoms with Crippen molar-refractivity contribution in [3.63, 3.8) is 0 Å². The van der Waals surface area contributed by atoms with Gasteiger partial charge in [0.25, 0.3) is 5.91 Å². The number of amides is 1. The Kier molecular flexibility index (Phi) is 4.70. The number of aromatic nitrogens is 3. The highest BCUT2D eigenvalue weighted by molar-refractivity contribution is 5.99. The van der Waals surface area contributed by atoms with Gasteiger partial charge in [0, 0.05) is 44.4 Å². The van der Waals surface area contributed by atoms with E-state index in [1.807, 2.05) is 29.9 Å². The van der Waals surface area contributed by atoms with Crippen molar-refractivity contribution in [3.8, 4) is 0 Å². The minimum atomic E-state index is -0.109. The molecule has 0 aliphatic rings. The number of anilines is 1. The second kappa shape index (κ2) is 6.70. The summed E-state index contributed by atoms with van der Waals surface area (Å²) in [6.07, 6.45) is 6.09. The SMILES string of the molecule is CNc1cc(C)ncc1C(=O)NCCCn1cccn1. The Morgan fingerprint density at radius 3 is 3.00 bits per heavy atom. The molecule has 0 aliphatic carbocycles. The van der Waals surface area contributed by atoms with Crippen molar-refractivity contribution < 1.29 is 4.79 Å². The number of nitrogens with one attached hydrogen (secondary N) is 2. The number of nitrogens with zero attached hydrogens (tertiary/aromatic N) is 3. The van der Waals surface area contributed by atoms with Gasteiger partial charge in [0.2, 0.25) is 0 Å². The predicted molar refractivity (Wildman–Crippen MR) is 77.7 cm³/mol. The molecule has 106 valence electrons. The van der Waals surface area contributed by atoms with Gasteiger partial charge in [0.15, 0.2) is 0 Å². The zero-order valence-corrected chi connectivity index (χ0v) is 11.8. The molecule has 0 atom stereocenters. The fourth-order valence-corrected chi connectivity index (χ4v) is 1.92. The number of aryl methyl sites for hydroxylation is 2. The number of rotatable bonds is 6. The number of carbonyl (C=O) groups is 1. The fraction of sp³-hybridized carbons (Fsp3) is 0.357. The van der Waals surface area contributed by atoms with Crippen LogP contribution in [0.5, 0.6) is 0 Å². The molecule has 2 aromatic heterocycles. The van der Waals surface area contributed by atoms with Gasteiger partial charge in [-0.15, -0.1) is 0 Å². The van der Waals surface area contributed by atoms with E-state index < -0.39 is 0 Å². The van der Waals surface area contributed by atoms with Gasteiger partial charge < -0.3 is 10.6 Å². The van der Waals surface area contributed by atoms with Crippen LogP contribution in [0.4, 0.5) is 5.69 Å². The second-order valence-corrected chi connectivity index (χ2v) is 4.50. The Balaban J connectivity index is 1.85. The summed E-state index contributed by atoms with van der Waals surface area (Å²) in [5.41, 5.74) is 2.24. The summed E-state index contributed by atoms with van der Waals surface area (Å²) in [5, 5.41) is 10.0. The van der Waals surface area contributed by atoms with E-state index in [0.29, 0.717) is 12.1 Å². The van der Waals surface area contributed by atoms with Crippen molar-refractivity contribution in [3.05, 3.63) is 42.0 Å². The molecule has 0 aromatic carbocycles. The molecule has 0 saturated heterocycles. The third-order valence-corrected chi connectivity index (χ3v) is 2.96. The standard InChI is InChI=1S/C14H19N5O/c1-11-9-13(15-2)12(10-17-11)14(20)16-5-3-7-19-8-4-6-18-19/h4,6,8-10H,3,5,7H2,1-2H3,(H,15,17)(H,16,20). The van der Waals surface area contributed by atoms with Crippen molar-refractivity contribution >= 4 is 11.6 Å². The van der Waals surface area contributed by atoms with Crippen LogP contribution in [0.2, 0.25) is 0 Å². The van der Waals surface area contributed by atoms with E-state index in [9.17, 15) is 4.79 Å². The topological polar surface area (TPSA) is 71.8 Å².